The zero-order valence-corrected chi connectivity index (χ0v) is 8.87. The number of piperidine rings is 1. The molecule has 1 saturated heterocycles. The highest BCUT2D eigenvalue weighted by molar-refractivity contribution is 5.10. The molecular formula is C11H19N3. The first kappa shape index (κ1) is 9.95. The van der Waals surface area contributed by atoms with E-state index in [1.165, 1.54) is 19.3 Å². The van der Waals surface area contributed by atoms with Gasteiger partial charge in [0, 0.05) is 19.1 Å². The maximum absolute atomic E-state index is 9.13. The summed E-state index contributed by atoms with van der Waals surface area (Å²) in [5.74, 6) is 0.255. The lowest BCUT2D eigenvalue weighted by Gasteiger charge is -2.38. The fourth-order valence-electron chi connectivity index (χ4n) is 2.55. The van der Waals surface area contributed by atoms with E-state index in [1.54, 1.807) is 0 Å². The van der Waals surface area contributed by atoms with Gasteiger partial charge in [0.1, 0.15) is 0 Å². The van der Waals surface area contributed by atoms with Crippen LogP contribution in [0, 0.1) is 22.7 Å². The minimum Gasteiger partial charge on any atom is -0.329 e. The van der Waals surface area contributed by atoms with Crippen LogP contribution in [-0.4, -0.2) is 30.6 Å². The molecule has 2 fully saturated rings. The maximum atomic E-state index is 9.13. The molecular weight excluding hydrogens is 174 g/mol. The second-order valence-corrected chi connectivity index (χ2v) is 4.87. The summed E-state index contributed by atoms with van der Waals surface area (Å²) in [5, 5.41) is 9.13. The average Bonchev–Trinajstić information content (AvgIpc) is 2.98. The maximum Gasteiger partial charge on any atom is 0.0675 e. The summed E-state index contributed by atoms with van der Waals surface area (Å²) in [4.78, 5) is 2.37. The van der Waals surface area contributed by atoms with E-state index in [1.807, 2.05) is 0 Å². The molecule has 1 heterocycles. The van der Waals surface area contributed by atoms with Crippen molar-refractivity contribution in [3.05, 3.63) is 0 Å². The van der Waals surface area contributed by atoms with Gasteiger partial charge in [0.25, 0.3) is 0 Å². The molecule has 3 nitrogen and oxygen atoms in total. The Morgan fingerprint density at radius 3 is 2.79 bits per heavy atom. The molecule has 1 aliphatic heterocycles. The molecule has 0 aromatic heterocycles. The van der Waals surface area contributed by atoms with E-state index in [0.29, 0.717) is 18.0 Å². The molecule has 2 N–H and O–H groups in total. The van der Waals surface area contributed by atoms with Crippen LogP contribution >= 0.6 is 0 Å². The predicted octanol–water partition coefficient (Wildman–Crippen LogP) is 0.959. The standard InChI is InChI=1S/C11H19N3/c1-9(6-12)14-5-4-11(2-3-11)10(7-13)8-14/h9-10H,2-6,8,12H2,1H3. The third kappa shape index (κ3) is 1.53. The van der Waals surface area contributed by atoms with Crippen LogP contribution in [0.4, 0.5) is 0 Å². The summed E-state index contributed by atoms with van der Waals surface area (Å²) in [7, 11) is 0. The summed E-state index contributed by atoms with van der Waals surface area (Å²) >= 11 is 0. The third-order valence-corrected chi connectivity index (χ3v) is 4.07. The average molecular weight is 193 g/mol. The lowest BCUT2D eigenvalue weighted by molar-refractivity contribution is 0.103. The number of hydrogen-bond donors (Lipinski definition) is 1. The Balaban J connectivity index is 1.99. The van der Waals surface area contributed by atoms with E-state index in [2.05, 4.69) is 17.9 Å². The highest BCUT2D eigenvalue weighted by Gasteiger charge is 2.52. The molecule has 0 bridgehead atoms. The van der Waals surface area contributed by atoms with E-state index in [0.717, 1.165) is 13.1 Å². The third-order valence-electron chi connectivity index (χ3n) is 4.07. The van der Waals surface area contributed by atoms with Gasteiger partial charge in [-0.2, -0.15) is 5.26 Å². The van der Waals surface area contributed by atoms with Crippen LogP contribution in [0.2, 0.25) is 0 Å². The van der Waals surface area contributed by atoms with Crippen molar-refractivity contribution in [3.63, 3.8) is 0 Å². The Bertz CT molecular complexity index is 252. The van der Waals surface area contributed by atoms with E-state index in [4.69, 9.17) is 11.0 Å². The summed E-state index contributed by atoms with van der Waals surface area (Å²) in [6.45, 7) is 4.93. The minimum atomic E-state index is 0.255. The summed E-state index contributed by atoms with van der Waals surface area (Å²) < 4.78 is 0. The first-order chi connectivity index (χ1) is 6.72. The summed E-state index contributed by atoms with van der Waals surface area (Å²) in [6.07, 6.45) is 3.75. The predicted molar refractivity (Wildman–Crippen MR) is 55.5 cm³/mol. The molecule has 0 radical (unpaired) electrons. The Hall–Kier alpha value is -0.590. The zero-order chi connectivity index (χ0) is 10.2. The van der Waals surface area contributed by atoms with Gasteiger partial charge in [-0.3, -0.25) is 4.90 Å². The van der Waals surface area contributed by atoms with Crippen molar-refractivity contribution in [2.24, 2.45) is 17.1 Å². The van der Waals surface area contributed by atoms with Crippen LogP contribution in [0.25, 0.3) is 0 Å². The lowest BCUT2D eigenvalue weighted by Crippen LogP contribution is -2.47. The van der Waals surface area contributed by atoms with Crippen LogP contribution in [-0.2, 0) is 0 Å². The SMILES string of the molecule is CC(CN)N1CCC2(CC2)C(C#N)C1. The summed E-state index contributed by atoms with van der Waals surface area (Å²) in [5.41, 5.74) is 6.06. The molecule has 0 aromatic carbocycles. The van der Waals surface area contributed by atoms with E-state index < -0.39 is 0 Å². The van der Waals surface area contributed by atoms with Crippen molar-refractivity contribution in [1.82, 2.24) is 4.90 Å². The van der Waals surface area contributed by atoms with Gasteiger partial charge in [0.05, 0.1) is 12.0 Å². The first-order valence-corrected chi connectivity index (χ1v) is 5.55. The zero-order valence-electron chi connectivity index (χ0n) is 8.87. The molecule has 1 aliphatic carbocycles. The van der Waals surface area contributed by atoms with Crippen molar-refractivity contribution >= 4 is 0 Å². The fourth-order valence-corrected chi connectivity index (χ4v) is 2.55. The van der Waals surface area contributed by atoms with Crippen molar-refractivity contribution in [3.8, 4) is 6.07 Å². The number of likely N-dealkylation sites (tertiary alicyclic amines) is 1. The van der Waals surface area contributed by atoms with Gasteiger partial charge in [0.2, 0.25) is 0 Å². The molecule has 0 aromatic rings. The second kappa shape index (κ2) is 3.52. The number of nitrogens with two attached hydrogens (primary N) is 1. The van der Waals surface area contributed by atoms with Gasteiger partial charge in [-0.15, -0.1) is 0 Å². The van der Waals surface area contributed by atoms with Crippen LogP contribution in [0.15, 0.2) is 0 Å². The molecule has 0 amide bonds. The largest absolute Gasteiger partial charge is 0.329 e. The molecule has 2 rings (SSSR count). The van der Waals surface area contributed by atoms with Gasteiger partial charge in [0.15, 0.2) is 0 Å². The number of hydrogen-bond acceptors (Lipinski definition) is 3. The number of nitrogens with zero attached hydrogens (tertiary/aromatic N) is 2. The van der Waals surface area contributed by atoms with Crippen LogP contribution in [0.5, 0.6) is 0 Å². The van der Waals surface area contributed by atoms with Crippen molar-refractivity contribution in [2.45, 2.75) is 32.2 Å². The highest BCUT2D eigenvalue weighted by Crippen LogP contribution is 2.56. The smallest absolute Gasteiger partial charge is 0.0675 e. The Morgan fingerprint density at radius 2 is 2.29 bits per heavy atom. The molecule has 1 spiro atoms. The summed E-state index contributed by atoms with van der Waals surface area (Å²) in [6, 6.07) is 2.92. The number of rotatable bonds is 2. The quantitative estimate of drug-likeness (QED) is 0.710. The van der Waals surface area contributed by atoms with Gasteiger partial charge in [-0.25, -0.2) is 0 Å². The van der Waals surface area contributed by atoms with Crippen molar-refractivity contribution in [1.29, 1.82) is 5.26 Å². The highest BCUT2D eigenvalue weighted by atomic mass is 15.2. The van der Waals surface area contributed by atoms with Crippen molar-refractivity contribution in [2.75, 3.05) is 19.6 Å². The van der Waals surface area contributed by atoms with E-state index in [9.17, 15) is 0 Å². The second-order valence-electron chi connectivity index (χ2n) is 4.87. The Morgan fingerprint density at radius 1 is 1.57 bits per heavy atom. The monoisotopic (exact) mass is 193 g/mol. The molecule has 3 heteroatoms. The first-order valence-electron chi connectivity index (χ1n) is 5.55. The number of nitriles is 1. The molecule has 2 unspecified atom stereocenters. The molecule has 14 heavy (non-hydrogen) atoms. The van der Waals surface area contributed by atoms with E-state index >= 15 is 0 Å². The van der Waals surface area contributed by atoms with Gasteiger partial charge in [-0.1, -0.05) is 0 Å². The Kier molecular flexibility index (Phi) is 2.50. The van der Waals surface area contributed by atoms with Crippen LogP contribution in [0.1, 0.15) is 26.2 Å². The topological polar surface area (TPSA) is 53.0 Å². The molecule has 1 saturated carbocycles. The minimum absolute atomic E-state index is 0.255. The molecule has 2 aliphatic rings. The van der Waals surface area contributed by atoms with Crippen LogP contribution in [0.3, 0.4) is 0 Å². The Labute approximate surface area is 85.9 Å². The normalized spacial score (nSPS) is 32.5. The van der Waals surface area contributed by atoms with Gasteiger partial charge < -0.3 is 5.73 Å². The fraction of sp³-hybridized carbons (Fsp3) is 0.909. The van der Waals surface area contributed by atoms with Gasteiger partial charge in [-0.05, 0) is 38.1 Å². The van der Waals surface area contributed by atoms with Crippen molar-refractivity contribution < 1.29 is 0 Å². The van der Waals surface area contributed by atoms with Gasteiger partial charge >= 0.3 is 0 Å². The molecule has 2 atom stereocenters. The molecule has 78 valence electrons. The lowest BCUT2D eigenvalue weighted by atomic mass is 9.83. The van der Waals surface area contributed by atoms with Crippen LogP contribution < -0.4 is 5.73 Å². The van der Waals surface area contributed by atoms with E-state index in [-0.39, 0.29) is 5.92 Å².